The van der Waals surface area contributed by atoms with E-state index in [4.69, 9.17) is 10.00 Å². The zero-order chi connectivity index (χ0) is 13.5. The number of carbonyl (C=O) groups excluding carboxylic acids is 1. The van der Waals surface area contributed by atoms with E-state index in [1.165, 1.54) is 0 Å². The molecule has 1 heterocycles. The summed E-state index contributed by atoms with van der Waals surface area (Å²) < 4.78 is 6.10. The molecule has 1 aliphatic rings. The Balaban J connectivity index is 2.52. The zero-order valence-electron chi connectivity index (χ0n) is 10.4. The van der Waals surface area contributed by atoms with Crippen LogP contribution in [0.25, 0.3) is 5.76 Å². The summed E-state index contributed by atoms with van der Waals surface area (Å²) in [5.74, 6) is 0.415. The average molecular weight is 306 g/mol. The number of halogens is 1. The maximum atomic E-state index is 11.9. The van der Waals surface area contributed by atoms with Crippen molar-refractivity contribution < 1.29 is 9.53 Å². The second-order valence-electron chi connectivity index (χ2n) is 4.73. The van der Waals surface area contributed by atoms with Crippen molar-refractivity contribution >= 4 is 27.5 Å². The van der Waals surface area contributed by atoms with Gasteiger partial charge in [-0.15, -0.1) is 0 Å². The van der Waals surface area contributed by atoms with Crippen LogP contribution in [0.5, 0.6) is 0 Å². The Hall–Kier alpha value is -1.60. The number of ether oxygens (including phenoxy) is 1. The first kappa shape index (κ1) is 12.8. The topological polar surface area (TPSA) is 50.1 Å². The number of Topliss-reactive ketones (excluding diaryl/α,β-unsaturated/α-hetero) is 1. The molecule has 0 radical (unpaired) electrons. The Bertz CT molecular complexity index is 609. The Labute approximate surface area is 114 Å². The minimum Gasteiger partial charge on any atom is -0.478 e. The lowest BCUT2D eigenvalue weighted by Gasteiger charge is -2.17. The summed E-state index contributed by atoms with van der Waals surface area (Å²) in [5, 5.41) is 9.02. The summed E-state index contributed by atoms with van der Waals surface area (Å²) in [6.45, 7) is 5.32. The van der Waals surface area contributed by atoms with E-state index in [1.54, 1.807) is 19.9 Å². The highest BCUT2D eigenvalue weighted by Gasteiger charge is 2.41. The van der Waals surface area contributed by atoms with Gasteiger partial charge in [0.05, 0.1) is 11.6 Å². The molecule has 1 aromatic carbocycles. The van der Waals surface area contributed by atoms with Gasteiger partial charge in [0, 0.05) is 5.56 Å². The normalized spacial score (nSPS) is 17.6. The Morgan fingerprint density at radius 1 is 1.39 bits per heavy atom. The second kappa shape index (κ2) is 4.25. The molecule has 1 aliphatic heterocycles. The van der Waals surface area contributed by atoms with Gasteiger partial charge >= 0.3 is 0 Å². The molecule has 0 aromatic heterocycles. The van der Waals surface area contributed by atoms with Crippen molar-refractivity contribution in [1.29, 1.82) is 5.26 Å². The van der Waals surface area contributed by atoms with Crippen molar-refractivity contribution in [2.24, 2.45) is 0 Å². The molecule has 0 bridgehead atoms. The Morgan fingerprint density at radius 3 is 2.56 bits per heavy atom. The van der Waals surface area contributed by atoms with Gasteiger partial charge in [0.25, 0.3) is 0 Å². The highest BCUT2D eigenvalue weighted by Crippen LogP contribution is 2.39. The maximum absolute atomic E-state index is 11.9. The van der Waals surface area contributed by atoms with Crippen molar-refractivity contribution in [3.8, 4) is 6.07 Å². The third-order valence-corrected chi connectivity index (χ3v) is 3.64. The van der Waals surface area contributed by atoms with Crippen LogP contribution < -0.4 is 0 Å². The van der Waals surface area contributed by atoms with Crippen LogP contribution in [0.4, 0.5) is 0 Å². The van der Waals surface area contributed by atoms with Gasteiger partial charge in [0.15, 0.2) is 5.60 Å². The van der Waals surface area contributed by atoms with Crippen LogP contribution in [0.3, 0.4) is 0 Å². The minimum absolute atomic E-state index is 0.0865. The summed E-state index contributed by atoms with van der Waals surface area (Å²) in [7, 11) is 0. The molecule has 0 unspecified atom stereocenters. The molecular weight excluding hydrogens is 294 g/mol. The molecule has 1 aromatic rings. The van der Waals surface area contributed by atoms with Gasteiger partial charge in [-0.25, -0.2) is 0 Å². The standard InChI is InChI=1S/C14H12BrNO2/c1-8-4-5-9(6-10(8)7-16)12-11(15)13(17)14(2,3)18-12/h4-6H,1-3H3. The van der Waals surface area contributed by atoms with Crippen molar-refractivity contribution in [2.45, 2.75) is 26.4 Å². The molecule has 0 spiro atoms. The molecule has 0 amide bonds. The molecule has 92 valence electrons. The molecule has 0 fully saturated rings. The van der Waals surface area contributed by atoms with Crippen molar-refractivity contribution in [3.63, 3.8) is 0 Å². The summed E-state index contributed by atoms with van der Waals surface area (Å²) in [4.78, 5) is 11.9. The molecule has 2 rings (SSSR count). The highest BCUT2D eigenvalue weighted by molar-refractivity contribution is 9.12. The van der Waals surface area contributed by atoms with Crippen LogP contribution in [-0.4, -0.2) is 11.4 Å². The van der Waals surface area contributed by atoms with E-state index in [2.05, 4.69) is 22.0 Å². The van der Waals surface area contributed by atoms with Crippen molar-refractivity contribution in [2.75, 3.05) is 0 Å². The van der Waals surface area contributed by atoms with E-state index in [1.807, 2.05) is 19.1 Å². The number of ketones is 1. The van der Waals surface area contributed by atoms with Gasteiger partial charge in [-0.2, -0.15) is 5.26 Å². The molecule has 0 atom stereocenters. The third kappa shape index (κ3) is 1.95. The largest absolute Gasteiger partial charge is 0.478 e. The lowest BCUT2D eigenvalue weighted by atomic mass is 10.0. The number of aryl methyl sites for hydroxylation is 1. The van der Waals surface area contributed by atoms with Crippen LogP contribution in [-0.2, 0) is 9.53 Å². The number of benzene rings is 1. The predicted molar refractivity (Wildman–Crippen MR) is 71.9 cm³/mol. The number of nitrogens with zero attached hydrogens (tertiary/aromatic N) is 1. The first-order chi connectivity index (χ1) is 8.36. The average Bonchev–Trinajstić information content (AvgIpc) is 2.54. The molecule has 4 heteroatoms. The van der Waals surface area contributed by atoms with E-state index >= 15 is 0 Å². The summed E-state index contributed by atoms with van der Waals surface area (Å²) in [6.07, 6.45) is 0. The quantitative estimate of drug-likeness (QED) is 0.800. The van der Waals surface area contributed by atoms with Crippen molar-refractivity contribution in [3.05, 3.63) is 39.4 Å². The lowest BCUT2D eigenvalue weighted by Crippen LogP contribution is -2.28. The molecule has 0 saturated heterocycles. The van der Waals surface area contributed by atoms with Crippen LogP contribution in [0.15, 0.2) is 22.7 Å². The molecular formula is C14H12BrNO2. The number of hydrogen-bond donors (Lipinski definition) is 0. The Morgan fingerprint density at radius 2 is 2.06 bits per heavy atom. The van der Waals surface area contributed by atoms with E-state index in [-0.39, 0.29) is 5.78 Å². The third-order valence-electron chi connectivity index (χ3n) is 2.92. The molecule has 3 nitrogen and oxygen atoms in total. The van der Waals surface area contributed by atoms with Gasteiger partial charge in [-0.1, -0.05) is 12.1 Å². The summed E-state index contributed by atoms with van der Waals surface area (Å²) in [6, 6.07) is 7.56. The monoisotopic (exact) mass is 305 g/mol. The molecule has 0 saturated carbocycles. The fourth-order valence-corrected chi connectivity index (χ4v) is 2.57. The van der Waals surface area contributed by atoms with Gasteiger partial charge in [-0.3, -0.25) is 4.79 Å². The lowest BCUT2D eigenvalue weighted by molar-refractivity contribution is -0.125. The summed E-state index contributed by atoms with van der Waals surface area (Å²) in [5.41, 5.74) is 1.37. The van der Waals surface area contributed by atoms with Crippen LogP contribution in [0.2, 0.25) is 0 Å². The molecule has 0 aliphatic carbocycles. The van der Waals surface area contributed by atoms with E-state index in [0.29, 0.717) is 15.8 Å². The van der Waals surface area contributed by atoms with Gasteiger partial charge in [-0.05, 0) is 48.3 Å². The fourth-order valence-electron chi connectivity index (χ4n) is 1.78. The highest BCUT2D eigenvalue weighted by atomic mass is 79.9. The number of nitriles is 1. The van der Waals surface area contributed by atoms with Gasteiger partial charge < -0.3 is 4.74 Å². The fraction of sp³-hybridized carbons (Fsp3) is 0.286. The molecule has 18 heavy (non-hydrogen) atoms. The predicted octanol–water partition coefficient (Wildman–Crippen LogP) is 3.31. The van der Waals surface area contributed by atoms with Crippen LogP contribution in [0.1, 0.15) is 30.5 Å². The van der Waals surface area contributed by atoms with Crippen LogP contribution in [0, 0.1) is 18.3 Å². The van der Waals surface area contributed by atoms with Crippen molar-refractivity contribution in [1.82, 2.24) is 0 Å². The first-order valence-electron chi connectivity index (χ1n) is 5.51. The zero-order valence-corrected chi connectivity index (χ0v) is 12.0. The SMILES string of the molecule is Cc1ccc(C2=C(Br)C(=O)C(C)(C)O2)cc1C#N. The maximum Gasteiger partial charge on any atom is 0.216 e. The number of carbonyl (C=O) groups is 1. The number of hydrogen-bond acceptors (Lipinski definition) is 3. The van der Waals surface area contributed by atoms with Gasteiger partial charge in [0.2, 0.25) is 5.78 Å². The van der Waals surface area contributed by atoms with Gasteiger partial charge in [0.1, 0.15) is 10.2 Å². The van der Waals surface area contributed by atoms with E-state index in [9.17, 15) is 4.79 Å². The van der Waals surface area contributed by atoms with E-state index in [0.717, 1.165) is 11.1 Å². The molecule has 0 N–H and O–H groups in total. The number of rotatable bonds is 1. The second-order valence-corrected chi connectivity index (χ2v) is 5.52. The smallest absolute Gasteiger partial charge is 0.216 e. The van der Waals surface area contributed by atoms with Crippen LogP contribution >= 0.6 is 15.9 Å². The summed E-state index contributed by atoms with van der Waals surface area (Å²) >= 11 is 3.27. The first-order valence-corrected chi connectivity index (χ1v) is 6.31. The Kier molecular flexibility index (Phi) is 3.04. The van der Waals surface area contributed by atoms with E-state index < -0.39 is 5.60 Å². The minimum atomic E-state index is -0.855.